The molecular formula is C14H15F3N2. The molecule has 1 heterocycles. The van der Waals surface area contributed by atoms with Crippen LogP contribution in [0.4, 0.5) is 13.2 Å². The van der Waals surface area contributed by atoms with Gasteiger partial charge < -0.3 is 0 Å². The average Bonchev–Trinajstić information content (AvgIpc) is 2.74. The van der Waals surface area contributed by atoms with Gasteiger partial charge in [0.15, 0.2) is 5.69 Å². The molecule has 2 rings (SSSR count). The van der Waals surface area contributed by atoms with E-state index in [1.165, 1.54) is 4.68 Å². The number of hydrogen-bond acceptors (Lipinski definition) is 1. The summed E-state index contributed by atoms with van der Waals surface area (Å²) in [5.41, 5.74) is -0.184. The molecule has 0 N–H and O–H groups in total. The van der Waals surface area contributed by atoms with Crippen molar-refractivity contribution in [2.24, 2.45) is 0 Å². The topological polar surface area (TPSA) is 17.8 Å². The summed E-state index contributed by atoms with van der Waals surface area (Å²) in [6, 6.07) is 10.1. The number of alkyl halides is 3. The van der Waals surface area contributed by atoms with Crippen LogP contribution in [-0.4, -0.2) is 9.78 Å². The third-order valence-corrected chi connectivity index (χ3v) is 2.70. The summed E-state index contributed by atoms with van der Waals surface area (Å²) in [6.07, 6.45) is -4.43. The molecule has 0 aliphatic rings. The summed E-state index contributed by atoms with van der Waals surface area (Å²) in [5.74, 6) is 0. The maximum absolute atomic E-state index is 12.8. The van der Waals surface area contributed by atoms with Gasteiger partial charge in [0.2, 0.25) is 0 Å². The molecule has 5 heteroatoms. The number of benzene rings is 1. The van der Waals surface area contributed by atoms with E-state index < -0.39 is 17.4 Å². The summed E-state index contributed by atoms with van der Waals surface area (Å²) < 4.78 is 39.8. The molecular weight excluding hydrogens is 253 g/mol. The van der Waals surface area contributed by atoms with Crippen LogP contribution in [0.25, 0.3) is 11.3 Å². The van der Waals surface area contributed by atoms with Crippen LogP contribution in [0.2, 0.25) is 0 Å². The number of hydrogen-bond donors (Lipinski definition) is 0. The zero-order chi connectivity index (χ0) is 14.3. The smallest absolute Gasteiger partial charge is 0.259 e. The van der Waals surface area contributed by atoms with Gasteiger partial charge in [0.25, 0.3) is 0 Å². The first-order chi connectivity index (χ1) is 8.69. The van der Waals surface area contributed by atoms with Gasteiger partial charge in [-0.2, -0.15) is 18.3 Å². The van der Waals surface area contributed by atoms with Crippen LogP contribution < -0.4 is 0 Å². The van der Waals surface area contributed by atoms with E-state index in [-0.39, 0.29) is 0 Å². The van der Waals surface area contributed by atoms with Crippen LogP contribution in [0.3, 0.4) is 0 Å². The molecule has 1 aromatic carbocycles. The first-order valence-electron chi connectivity index (χ1n) is 5.93. The lowest BCUT2D eigenvalue weighted by Crippen LogP contribution is -2.24. The number of rotatable bonds is 1. The maximum atomic E-state index is 12.8. The average molecular weight is 268 g/mol. The van der Waals surface area contributed by atoms with Gasteiger partial charge in [-0.3, -0.25) is 4.68 Å². The van der Waals surface area contributed by atoms with Crippen molar-refractivity contribution in [1.29, 1.82) is 0 Å². The normalized spacial score (nSPS) is 12.7. The zero-order valence-electron chi connectivity index (χ0n) is 11.0. The number of halogens is 3. The van der Waals surface area contributed by atoms with Crippen LogP contribution in [0.1, 0.15) is 26.5 Å². The third kappa shape index (κ3) is 2.80. The number of aromatic nitrogens is 2. The Balaban J connectivity index is 2.63. The predicted octanol–water partition coefficient (Wildman–Crippen LogP) is 4.32. The van der Waals surface area contributed by atoms with Gasteiger partial charge in [0.05, 0.1) is 11.2 Å². The molecule has 0 saturated heterocycles. The van der Waals surface area contributed by atoms with Crippen LogP contribution in [0, 0.1) is 0 Å². The van der Waals surface area contributed by atoms with E-state index in [9.17, 15) is 13.2 Å². The largest absolute Gasteiger partial charge is 0.435 e. The molecule has 0 unspecified atom stereocenters. The van der Waals surface area contributed by atoms with E-state index in [1.54, 1.807) is 24.3 Å². The summed E-state index contributed by atoms with van der Waals surface area (Å²) in [4.78, 5) is 0. The standard InChI is InChI=1S/C14H15F3N2/c1-13(2,3)19-11(10-7-5-4-6-8-10)9-12(18-19)14(15,16)17/h4-9H,1-3H3. The first kappa shape index (κ1) is 13.6. The summed E-state index contributed by atoms with van der Waals surface area (Å²) in [7, 11) is 0. The number of nitrogens with zero attached hydrogens (tertiary/aromatic N) is 2. The Hall–Kier alpha value is -1.78. The van der Waals surface area contributed by atoms with Crippen molar-refractivity contribution in [3.8, 4) is 11.3 Å². The van der Waals surface area contributed by atoms with Crippen molar-refractivity contribution in [3.63, 3.8) is 0 Å². The molecule has 1 aromatic heterocycles. The Morgan fingerprint density at radius 2 is 1.58 bits per heavy atom. The fraction of sp³-hybridized carbons (Fsp3) is 0.357. The quantitative estimate of drug-likeness (QED) is 0.753. The lowest BCUT2D eigenvalue weighted by molar-refractivity contribution is -0.141. The second-order valence-electron chi connectivity index (χ2n) is 5.36. The van der Waals surface area contributed by atoms with Crippen LogP contribution in [0.15, 0.2) is 36.4 Å². The van der Waals surface area contributed by atoms with E-state index in [4.69, 9.17) is 0 Å². The van der Waals surface area contributed by atoms with Gasteiger partial charge in [-0.05, 0) is 32.4 Å². The Morgan fingerprint density at radius 3 is 2.05 bits per heavy atom. The molecule has 0 aliphatic heterocycles. The minimum atomic E-state index is -4.43. The van der Waals surface area contributed by atoms with E-state index in [0.29, 0.717) is 5.69 Å². The lowest BCUT2D eigenvalue weighted by Gasteiger charge is -2.22. The van der Waals surface area contributed by atoms with E-state index >= 15 is 0 Å². The predicted molar refractivity (Wildman–Crippen MR) is 67.7 cm³/mol. The summed E-state index contributed by atoms with van der Waals surface area (Å²) >= 11 is 0. The van der Waals surface area contributed by atoms with Crippen molar-refractivity contribution in [2.75, 3.05) is 0 Å². The van der Waals surface area contributed by atoms with Crippen molar-refractivity contribution in [3.05, 3.63) is 42.1 Å². The van der Waals surface area contributed by atoms with Gasteiger partial charge >= 0.3 is 6.18 Å². The van der Waals surface area contributed by atoms with Crippen LogP contribution >= 0.6 is 0 Å². The van der Waals surface area contributed by atoms with Gasteiger partial charge in [0, 0.05) is 0 Å². The molecule has 0 spiro atoms. The Kier molecular flexibility index (Phi) is 3.16. The third-order valence-electron chi connectivity index (χ3n) is 2.70. The van der Waals surface area contributed by atoms with Crippen LogP contribution in [0.5, 0.6) is 0 Å². The van der Waals surface area contributed by atoms with Crippen molar-refractivity contribution in [2.45, 2.75) is 32.5 Å². The summed E-state index contributed by atoms with van der Waals surface area (Å²) in [6.45, 7) is 5.48. The molecule has 0 radical (unpaired) electrons. The summed E-state index contributed by atoms with van der Waals surface area (Å²) in [5, 5.41) is 3.72. The highest BCUT2D eigenvalue weighted by atomic mass is 19.4. The monoisotopic (exact) mass is 268 g/mol. The van der Waals surface area contributed by atoms with Crippen molar-refractivity contribution < 1.29 is 13.2 Å². The van der Waals surface area contributed by atoms with Crippen LogP contribution in [-0.2, 0) is 11.7 Å². The Bertz CT molecular complexity index is 563. The van der Waals surface area contributed by atoms with E-state index in [2.05, 4.69) is 5.10 Å². The second kappa shape index (κ2) is 4.40. The minimum Gasteiger partial charge on any atom is -0.259 e. The highest BCUT2D eigenvalue weighted by Crippen LogP contribution is 2.34. The molecule has 0 aliphatic carbocycles. The SMILES string of the molecule is CC(C)(C)n1nc(C(F)(F)F)cc1-c1ccccc1. The lowest BCUT2D eigenvalue weighted by atomic mass is 10.1. The molecule has 0 bridgehead atoms. The Labute approximate surface area is 109 Å². The molecule has 19 heavy (non-hydrogen) atoms. The molecule has 2 nitrogen and oxygen atoms in total. The molecule has 0 atom stereocenters. The van der Waals surface area contributed by atoms with Gasteiger partial charge in [0.1, 0.15) is 0 Å². The Morgan fingerprint density at radius 1 is 1.00 bits per heavy atom. The fourth-order valence-electron chi connectivity index (χ4n) is 1.85. The molecule has 2 aromatic rings. The van der Waals surface area contributed by atoms with E-state index in [1.807, 2.05) is 26.8 Å². The first-order valence-corrected chi connectivity index (χ1v) is 5.93. The molecule has 0 saturated carbocycles. The highest BCUT2D eigenvalue weighted by molar-refractivity contribution is 5.60. The highest BCUT2D eigenvalue weighted by Gasteiger charge is 2.36. The van der Waals surface area contributed by atoms with Gasteiger partial charge in [-0.15, -0.1) is 0 Å². The molecule has 0 fully saturated rings. The molecule has 0 amide bonds. The maximum Gasteiger partial charge on any atom is 0.435 e. The van der Waals surface area contributed by atoms with Gasteiger partial charge in [-0.1, -0.05) is 30.3 Å². The fourth-order valence-corrected chi connectivity index (χ4v) is 1.85. The second-order valence-corrected chi connectivity index (χ2v) is 5.36. The zero-order valence-corrected chi connectivity index (χ0v) is 11.0. The van der Waals surface area contributed by atoms with E-state index in [0.717, 1.165) is 11.6 Å². The van der Waals surface area contributed by atoms with Crippen molar-refractivity contribution in [1.82, 2.24) is 9.78 Å². The van der Waals surface area contributed by atoms with Crippen molar-refractivity contribution >= 4 is 0 Å². The van der Waals surface area contributed by atoms with Gasteiger partial charge in [-0.25, -0.2) is 0 Å². The molecule has 102 valence electrons. The minimum absolute atomic E-state index is 0.473.